The molecule has 0 aliphatic rings. The van der Waals surface area contributed by atoms with Crippen molar-refractivity contribution in [3.63, 3.8) is 0 Å². The highest BCUT2D eigenvalue weighted by molar-refractivity contribution is 6.30. The summed E-state index contributed by atoms with van der Waals surface area (Å²) in [6.07, 6.45) is 0.575. The van der Waals surface area contributed by atoms with Gasteiger partial charge in [0.15, 0.2) is 12.1 Å². The highest BCUT2D eigenvalue weighted by atomic mass is 35.5. The van der Waals surface area contributed by atoms with E-state index in [2.05, 4.69) is 4.98 Å². The maximum atomic E-state index is 11.9. The molecule has 0 fully saturated rings. The molecule has 0 saturated heterocycles. The van der Waals surface area contributed by atoms with Crippen LogP contribution in [0.25, 0.3) is 0 Å². The second kappa shape index (κ2) is 4.11. The molecule has 0 N–H and O–H groups in total. The molecule has 0 saturated carbocycles. The Bertz CT molecular complexity index is 408. The zero-order valence-corrected chi connectivity index (χ0v) is 9.63. The molecular formula is C11H12ClNO2. The SMILES string of the molecule is CC(C)(C)C(=O)c1cc(Cl)nc(C=O)c1. The lowest BCUT2D eigenvalue weighted by molar-refractivity contribution is 0.0858. The van der Waals surface area contributed by atoms with E-state index in [0.717, 1.165) is 0 Å². The van der Waals surface area contributed by atoms with Gasteiger partial charge in [0.1, 0.15) is 10.8 Å². The number of Topliss-reactive ketones (excluding diaryl/α,β-unsaturated/α-hetero) is 1. The van der Waals surface area contributed by atoms with Crippen LogP contribution < -0.4 is 0 Å². The van der Waals surface area contributed by atoms with E-state index in [9.17, 15) is 9.59 Å². The molecular weight excluding hydrogens is 214 g/mol. The topological polar surface area (TPSA) is 47.0 Å². The molecule has 0 aliphatic carbocycles. The van der Waals surface area contributed by atoms with Crippen LogP contribution in [0.5, 0.6) is 0 Å². The Balaban J connectivity index is 3.21. The quantitative estimate of drug-likeness (QED) is 0.442. The smallest absolute Gasteiger partial charge is 0.168 e. The van der Waals surface area contributed by atoms with Crippen LogP contribution in [0.1, 0.15) is 41.6 Å². The first-order chi connectivity index (χ1) is 6.84. The van der Waals surface area contributed by atoms with Crippen LogP contribution in [-0.4, -0.2) is 17.1 Å². The Labute approximate surface area is 93.5 Å². The third-order valence-corrected chi connectivity index (χ3v) is 2.07. The predicted octanol–water partition coefficient (Wildman–Crippen LogP) is 2.78. The zero-order chi connectivity index (χ0) is 11.6. The van der Waals surface area contributed by atoms with Crippen molar-refractivity contribution in [2.24, 2.45) is 5.41 Å². The Hall–Kier alpha value is -1.22. The molecule has 0 aliphatic heterocycles. The lowest BCUT2D eigenvalue weighted by atomic mass is 9.87. The van der Waals surface area contributed by atoms with Crippen molar-refractivity contribution in [1.82, 2.24) is 4.98 Å². The van der Waals surface area contributed by atoms with Crippen molar-refractivity contribution in [2.75, 3.05) is 0 Å². The maximum Gasteiger partial charge on any atom is 0.168 e. The summed E-state index contributed by atoms with van der Waals surface area (Å²) in [6, 6.07) is 2.93. The number of hydrogen-bond donors (Lipinski definition) is 0. The molecule has 1 aromatic rings. The van der Waals surface area contributed by atoms with E-state index in [-0.39, 0.29) is 16.6 Å². The van der Waals surface area contributed by atoms with E-state index >= 15 is 0 Å². The van der Waals surface area contributed by atoms with Gasteiger partial charge in [-0.2, -0.15) is 0 Å². The summed E-state index contributed by atoms with van der Waals surface area (Å²) >= 11 is 5.70. The Morgan fingerprint density at radius 1 is 1.40 bits per heavy atom. The number of aromatic nitrogens is 1. The fraction of sp³-hybridized carbons (Fsp3) is 0.364. The van der Waals surface area contributed by atoms with Gasteiger partial charge in [-0.15, -0.1) is 0 Å². The number of halogens is 1. The molecule has 3 nitrogen and oxygen atoms in total. The second-order valence-electron chi connectivity index (χ2n) is 4.30. The van der Waals surface area contributed by atoms with Gasteiger partial charge in [-0.25, -0.2) is 4.98 Å². The van der Waals surface area contributed by atoms with Gasteiger partial charge in [0.05, 0.1) is 0 Å². The molecule has 15 heavy (non-hydrogen) atoms. The standard InChI is InChI=1S/C11H12ClNO2/c1-11(2,3)10(15)7-4-8(6-14)13-9(12)5-7/h4-6H,1-3H3. The molecule has 0 spiro atoms. The number of hydrogen-bond acceptors (Lipinski definition) is 3. The minimum Gasteiger partial charge on any atom is -0.296 e. The number of ketones is 1. The average Bonchev–Trinajstić information content (AvgIpc) is 2.14. The molecule has 1 heterocycles. The van der Waals surface area contributed by atoms with E-state index in [1.807, 2.05) is 20.8 Å². The van der Waals surface area contributed by atoms with Gasteiger partial charge < -0.3 is 0 Å². The molecule has 4 heteroatoms. The number of rotatable bonds is 2. The van der Waals surface area contributed by atoms with Crippen molar-refractivity contribution < 1.29 is 9.59 Å². The number of aldehydes is 1. The van der Waals surface area contributed by atoms with E-state index in [1.165, 1.54) is 12.1 Å². The van der Waals surface area contributed by atoms with Crippen molar-refractivity contribution in [3.8, 4) is 0 Å². The minimum atomic E-state index is -0.495. The number of carbonyl (C=O) groups is 2. The molecule has 0 atom stereocenters. The average molecular weight is 226 g/mol. The molecule has 1 rings (SSSR count). The summed E-state index contributed by atoms with van der Waals surface area (Å²) in [5.41, 5.74) is 0.102. The second-order valence-corrected chi connectivity index (χ2v) is 4.69. The van der Waals surface area contributed by atoms with E-state index in [1.54, 1.807) is 0 Å². The first kappa shape index (κ1) is 11.9. The predicted molar refractivity (Wildman–Crippen MR) is 58.4 cm³/mol. The summed E-state index contributed by atoms with van der Waals surface area (Å²) in [6.45, 7) is 5.43. The van der Waals surface area contributed by atoms with Gasteiger partial charge in [-0.3, -0.25) is 9.59 Å². The summed E-state index contributed by atoms with van der Waals surface area (Å²) in [5.74, 6) is -0.0603. The van der Waals surface area contributed by atoms with E-state index < -0.39 is 5.41 Å². The van der Waals surface area contributed by atoms with Gasteiger partial charge in [-0.1, -0.05) is 32.4 Å². The van der Waals surface area contributed by atoms with Crippen LogP contribution in [0, 0.1) is 5.41 Å². The summed E-state index contributed by atoms with van der Waals surface area (Å²) in [5, 5.41) is 0.159. The van der Waals surface area contributed by atoms with Crippen LogP contribution in [0.15, 0.2) is 12.1 Å². The molecule has 0 radical (unpaired) electrons. The fourth-order valence-electron chi connectivity index (χ4n) is 1.14. The highest BCUT2D eigenvalue weighted by Gasteiger charge is 2.23. The minimum absolute atomic E-state index is 0.0603. The van der Waals surface area contributed by atoms with Crippen LogP contribution in [0.2, 0.25) is 5.15 Å². The van der Waals surface area contributed by atoms with Gasteiger partial charge in [-0.05, 0) is 12.1 Å². The Morgan fingerprint density at radius 3 is 2.47 bits per heavy atom. The molecule has 80 valence electrons. The zero-order valence-electron chi connectivity index (χ0n) is 8.87. The Morgan fingerprint density at radius 2 is 2.00 bits per heavy atom. The normalized spacial score (nSPS) is 11.2. The van der Waals surface area contributed by atoms with Crippen LogP contribution in [-0.2, 0) is 0 Å². The fourth-order valence-corrected chi connectivity index (χ4v) is 1.36. The van der Waals surface area contributed by atoms with Gasteiger partial charge in [0.2, 0.25) is 0 Å². The first-order valence-corrected chi connectivity index (χ1v) is 4.90. The van der Waals surface area contributed by atoms with Gasteiger partial charge in [0, 0.05) is 11.0 Å². The van der Waals surface area contributed by atoms with Crippen LogP contribution in [0.3, 0.4) is 0 Å². The van der Waals surface area contributed by atoms with E-state index in [4.69, 9.17) is 11.6 Å². The lowest BCUT2D eigenvalue weighted by Crippen LogP contribution is -2.20. The Kier molecular flexibility index (Phi) is 3.25. The molecule has 0 unspecified atom stereocenters. The maximum absolute atomic E-state index is 11.9. The van der Waals surface area contributed by atoms with Gasteiger partial charge >= 0.3 is 0 Å². The van der Waals surface area contributed by atoms with Crippen molar-refractivity contribution >= 4 is 23.7 Å². The van der Waals surface area contributed by atoms with Crippen molar-refractivity contribution in [1.29, 1.82) is 0 Å². The third kappa shape index (κ3) is 2.86. The number of nitrogens with zero attached hydrogens (tertiary/aromatic N) is 1. The van der Waals surface area contributed by atoms with Crippen LogP contribution >= 0.6 is 11.6 Å². The summed E-state index contributed by atoms with van der Waals surface area (Å²) in [4.78, 5) is 26.2. The highest BCUT2D eigenvalue weighted by Crippen LogP contribution is 2.22. The molecule has 0 aromatic carbocycles. The van der Waals surface area contributed by atoms with Crippen molar-refractivity contribution in [2.45, 2.75) is 20.8 Å². The summed E-state index contributed by atoms with van der Waals surface area (Å²) in [7, 11) is 0. The lowest BCUT2D eigenvalue weighted by Gasteiger charge is -2.16. The van der Waals surface area contributed by atoms with E-state index in [0.29, 0.717) is 11.8 Å². The molecule has 0 bridgehead atoms. The monoisotopic (exact) mass is 225 g/mol. The van der Waals surface area contributed by atoms with Gasteiger partial charge in [0.25, 0.3) is 0 Å². The largest absolute Gasteiger partial charge is 0.296 e. The third-order valence-electron chi connectivity index (χ3n) is 1.88. The first-order valence-electron chi connectivity index (χ1n) is 4.52. The molecule has 0 amide bonds. The van der Waals surface area contributed by atoms with Crippen LogP contribution in [0.4, 0.5) is 0 Å². The molecule has 1 aromatic heterocycles. The number of pyridine rings is 1. The number of carbonyl (C=O) groups excluding carboxylic acids is 2. The summed E-state index contributed by atoms with van der Waals surface area (Å²) < 4.78 is 0. The van der Waals surface area contributed by atoms with Crippen molar-refractivity contribution in [3.05, 3.63) is 28.5 Å².